The lowest BCUT2D eigenvalue weighted by atomic mass is 10.1. The number of hydrogen-bond donors (Lipinski definition) is 0. The van der Waals surface area contributed by atoms with Crippen LogP contribution in [0.2, 0.25) is 0 Å². The highest BCUT2D eigenvalue weighted by atomic mass is 16.6. The molecule has 0 bridgehead atoms. The minimum atomic E-state index is 0.0751. The van der Waals surface area contributed by atoms with Crippen LogP contribution < -0.4 is 0 Å². The van der Waals surface area contributed by atoms with Crippen molar-refractivity contribution in [1.29, 1.82) is 0 Å². The molecule has 0 atom stereocenters. The van der Waals surface area contributed by atoms with E-state index in [0.717, 1.165) is 13.2 Å². The van der Waals surface area contributed by atoms with Gasteiger partial charge in [-0.05, 0) is 14.1 Å². The lowest BCUT2D eigenvalue weighted by Crippen LogP contribution is -2.19. The SMILES string of the molecule is CC(C)C(=O)CCOCCOCCOCCOCCOCCOCCN(C)C. The van der Waals surface area contributed by atoms with E-state index < -0.39 is 0 Å². The Kier molecular flexibility index (Phi) is 20.6. The molecule has 0 radical (unpaired) electrons. The molecule has 8 heteroatoms. The van der Waals surface area contributed by atoms with E-state index in [4.69, 9.17) is 28.4 Å². The lowest BCUT2D eigenvalue weighted by Gasteiger charge is -2.10. The summed E-state index contributed by atoms with van der Waals surface area (Å²) in [7, 11) is 4.04. The lowest BCUT2D eigenvalue weighted by molar-refractivity contribution is -0.123. The van der Waals surface area contributed by atoms with Crippen LogP contribution in [-0.2, 0) is 33.2 Å². The van der Waals surface area contributed by atoms with Gasteiger partial charge in [0.15, 0.2) is 0 Å². The number of likely N-dealkylation sites (N-methyl/N-ethyl adjacent to an activating group) is 1. The number of carbonyl (C=O) groups excluding carboxylic acids is 1. The normalized spacial score (nSPS) is 11.6. The Morgan fingerprint density at radius 2 is 0.929 bits per heavy atom. The van der Waals surface area contributed by atoms with Crippen molar-refractivity contribution >= 4 is 5.78 Å². The number of Topliss-reactive ketones (excluding diaryl/α,β-unsaturated/α-hetero) is 1. The Bertz CT molecular complexity index is 341. The van der Waals surface area contributed by atoms with Crippen molar-refractivity contribution in [3.8, 4) is 0 Å². The third-order valence-corrected chi connectivity index (χ3v) is 3.68. The first-order valence-corrected chi connectivity index (χ1v) is 10.2. The molecule has 0 saturated carbocycles. The molecule has 0 fully saturated rings. The Balaban J connectivity index is 3.06. The monoisotopic (exact) mass is 407 g/mol. The molecule has 0 aromatic carbocycles. The van der Waals surface area contributed by atoms with Crippen LogP contribution in [0.4, 0.5) is 0 Å². The second kappa shape index (κ2) is 21.1. The predicted octanol–water partition coefficient (Wildman–Crippen LogP) is 1.26. The zero-order valence-corrected chi connectivity index (χ0v) is 18.3. The standard InChI is InChI=1S/C20H41NO7/c1-19(2)20(22)5-7-23-9-11-25-13-15-27-17-18-28-16-14-26-12-10-24-8-6-21(3)4/h19H,5-18H2,1-4H3. The molecule has 0 amide bonds. The molecule has 0 spiro atoms. The van der Waals surface area contributed by atoms with Gasteiger partial charge in [0.1, 0.15) is 5.78 Å². The van der Waals surface area contributed by atoms with Gasteiger partial charge in [-0.1, -0.05) is 13.8 Å². The summed E-state index contributed by atoms with van der Waals surface area (Å²) in [5, 5.41) is 0. The molecule has 0 unspecified atom stereocenters. The number of hydrogen-bond acceptors (Lipinski definition) is 8. The summed E-state index contributed by atoms with van der Waals surface area (Å²) in [6, 6.07) is 0. The largest absolute Gasteiger partial charge is 0.379 e. The van der Waals surface area contributed by atoms with Gasteiger partial charge in [0, 0.05) is 18.9 Å². The van der Waals surface area contributed by atoms with Gasteiger partial charge in [0.2, 0.25) is 0 Å². The number of rotatable bonds is 22. The molecule has 28 heavy (non-hydrogen) atoms. The van der Waals surface area contributed by atoms with Crippen LogP contribution in [-0.4, -0.2) is 111 Å². The summed E-state index contributed by atoms with van der Waals surface area (Å²) in [5.41, 5.74) is 0. The minimum Gasteiger partial charge on any atom is -0.379 e. The van der Waals surface area contributed by atoms with Gasteiger partial charge >= 0.3 is 0 Å². The molecule has 8 nitrogen and oxygen atoms in total. The molecule has 0 N–H and O–H groups in total. The van der Waals surface area contributed by atoms with Crippen molar-refractivity contribution in [3.63, 3.8) is 0 Å². The smallest absolute Gasteiger partial charge is 0.137 e. The van der Waals surface area contributed by atoms with Crippen LogP contribution in [0.25, 0.3) is 0 Å². The van der Waals surface area contributed by atoms with Crippen LogP contribution in [0, 0.1) is 5.92 Å². The zero-order chi connectivity index (χ0) is 20.9. The predicted molar refractivity (Wildman–Crippen MR) is 108 cm³/mol. The van der Waals surface area contributed by atoms with E-state index in [1.54, 1.807) is 0 Å². The molecule has 0 aliphatic carbocycles. The molecule has 0 aromatic rings. The average Bonchev–Trinajstić information content (AvgIpc) is 2.65. The molecule has 0 saturated heterocycles. The molecule has 0 aliphatic heterocycles. The number of carbonyl (C=O) groups is 1. The van der Waals surface area contributed by atoms with Gasteiger partial charge in [-0.3, -0.25) is 4.79 Å². The van der Waals surface area contributed by atoms with Gasteiger partial charge in [-0.15, -0.1) is 0 Å². The number of nitrogens with zero attached hydrogens (tertiary/aromatic N) is 1. The van der Waals surface area contributed by atoms with E-state index in [1.807, 2.05) is 27.9 Å². The Morgan fingerprint density at radius 1 is 0.607 bits per heavy atom. The zero-order valence-electron chi connectivity index (χ0n) is 18.3. The fraction of sp³-hybridized carbons (Fsp3) is 0.950. The fourth-order valence-corrected chi connectivity index (χ4v) is 1.91. The fourth-order valence-electron chi connectivity index (χ4n) is 1.91. The van der Waals surface area contributed by atoms with Crippen LogP contribution >= 0.6 is 0 Å². The van der Waals surface area contributed by atoms with E-state index in [-0.39, 0.29) is 11.7 Å². The average molecular weight is 408 g/mol. The quantitative estimate of drug-likeness (QED) is 0.248. The maximum Gasteiger partial charge on any atom is 0.137 e. The second-order valence-corrected chi connectivity index (χ2v) is 6.85. The molecule has 0 aliphatic rings. The maximum absolute atomic E-state index is 11.4. The summed E-state index contributed by atoms with van der Waals surface area (Å²) in [5.74, 6) is 0.305. The van der Waals surface area contributed by atoms with Crippen molar-refractivity contribution in [2.75, 3.05) is 99.9 Å². The van der Waals surface area contributed by atoms with Crippen LogP contribution in [0.15, 0.2) is 0 Å². The summed E-state index contributed by atoms with van der Waals surface area (Å²) in [6.07, 6.45) is 0.469. The van der Waals surface area contributed by atoms with E-state index in [0.29, 0.717) is 79.1 Å². The van der Waals surface area contributed by atoms with Crippen molar-refractivity contribution in [2.45, 2.75) is 20.3 Å². The Morgan fingerprint density at radius 3 is 1.25 bits per heavy atom. The first-order chi connectivity index (χ1) is 13.5. The maximum atomic E-state index is 11.4. The summed E-state index contributed by atoms with van der Waals surface area (Å²) < 4.78 is 32.4. The summed E-state index contributed by atoms with van der Waals surface area (Å²) in [4.78, 5) is 13.5. The van der Waals surface area contributed by atoms with E-state index in [2.05, 4.69) is 4.90 Å². The van der Waals surface area contributed by atoms with E-state index >= 15 is 0 Å². The summed E-state index contributed by atoms with van der Waals surface area (Å²) in [6.45, 7) is 11.3. The number of ketones is 1. The van der Waals surface area contributed by atoms with Crippen molar-refractivity contribution < 1.29 is 33.2 Å². The highest BCUT2D eigenvalue weighted by Gasteiger charge is 2.05. The molecular formula is C20H41NO7. The van der Waals surface area contributed by atoms with E-state index in [1.165, 1.54) is 0 Å². The van der Waals surface area contributed by atoms with Gasteiger partial charge < -0.3 is 33.3 Å². The first-order valence-electron chi connectivity index (χ1n) is 10.2. The molecule has 0 rings (SSSR count). The van der Waals surface area contributed by atoms with Crippen LogP contribution in [0.3, 0.4) is 0 Å². The van der Waals surface area contributed by atoms with Crippen LogP contribution in [0.1, 0.15) is 20.3 Å². The van der Waals surface area contributed by atoms with Gasteiger partial charge in [-0.2, -0.15) is 0 Å². The third kappa shape index (κ3) is 21.7. The van der Waals surface area contributed by atoms with Crippen molar-refractivity contribution in [2.24, 2.45) is 5.92 Å². The van der Waals surface area contributed by atoms with Gasteiger partial charge in [0.25, 0.3) is 0 Å². The molecule has 0 aromatic heterocycles. The Labute approximate surface area is 170 Å². The second-order valence-electron chi connectivity index (χ2n) is 6.85. The van der Waals surface area contributed by atoms with Crippen molar-refractivity contribution in [3.05, 3.63) is 0 Å². The molecule has 0 heterocycles. The van der Waals surface area contributed by atoms with E-state index in [9.17, 15) is 4.79 Å². The van der Waals surface area contributed by atoms with Crippen LogP contribution in [0.5, 0.6) is 0 Å². The Hall–Kier alpha value is -0.610. The van der Waals surface area contributed by atoms with Gasteiger partial charge in [-0.25, -0.2) is 0 Å². The molecule has 168 valence electrons. The van der Waals surface area contributed by atoms with Gasteiger partial charge in [0.05, 0.1) is 79.3 Å². The minimum absolute atomic E-state index is 0.0751. The number of ether oxygens (including phenoxy) is 6. The third-order valence-electron chi connectivity index (χ3n) is 3.68. The highest BCUT2D eigenvalue weighted by Crippen LogP contribution is 1.98. The topological polar surface area (TPSA) is 75.7 Å². The molecular weight excluding hydrogens is 366 g/mol. The van der Waals surface area contributed by atoms with Crippen molar-refractivity contribution in [1.82, 2.24) is 4.90 Å². The first kappa shape index (κ1) is 27.4. The summed E-state index contributed by atoms with van der Waals surface area (Å²) >= 11 is 0. The highest BCUT2D eigenvalue weighted by molar-refractivity contribution is 5.80.